The second-order valence-corrected chi connectivity index (χ2v) is 6.35. The first kappa shape index (κ1) is 15.3. The van der Waals surface area contributed by atoms with Gasteiger partial charge in [-0.15, -0.1) is 0 Å². The van der Waals surface area contributed by atoms with Gasteiger partial charge in [0.05, 0.1) is 0 Å². The molecule has 0 aromatic heterocycles. The van der Waals surface area contributed by atoms with Gasteiger partial charge in [-0.1, -0.05) is 13.3 Å². The number of hydrogen-bond acceptors (Lipinski definition) is 3. The van der Waals surface area contributed by atoms with E-state index in [2.05, 4.69) is 29.1 Å². The van der Waals surface area contributed by atoms with Gasteiger partial charge in [-0.3, -0.25) is 4.90 Å². The highest BCUT2D eigenvalue weighted by Gasteiger charge is 2.30. The molecule has 0 aromatic carbocycles. The van der Waals surface area contributed by atoms with E-state index in [4.69, 9.17) is 0 Å². The van der Waals surface area contributed by atoms with Crippen LogP contribution in [0.3, 0.4) is 0 Å². The summed E-state index contributed by atoms with van der Waals surface area (Å²) in [6.45, 7) is 8.78. The molecule has 3 heteroatoms. The van der Waals surface area contributed by atoms with Crippen molar-refractivity contribution in [1.82, 2.24) is 15.1 Å². The molecule has 2 fully saturated rings. The maximum absolute atomic E-state index is 3.33. The van der Waals surface area contributed by atoms with Crippen LogP contribution in [0.5, 0.6) is 0 Å². The molecule has 2 aliphatic heterocycles. The minimum Gasteiger partial charge on any atom is -0.320 e. The van der Waals surface area contributed by atoms with Crippen LogP contribution < -0.4 is 5.32 Å². The van der Waals surface area contributed by atoms with E-state index in [-0.39, 0.29) is 0 Å². The largest absolute Gasteiger partial charge is 0.320 e. The van der Waals surface area contributed by atoms with Crippen LogP contribution >= 0.6 is 0 Å². The summed E-state index contributed by atoms with van der Waals surface area (Å²) in [5.74, 6) is 0. The third-order valence-electron chi connectivity index (χ3n) is 4.97. The number of nitrogens with zero attached hydrogens (tertiary/aromatic N) is 2. The molecule has 0 saturated carbocycles. The minimum atomic E-state index is 0.851. The Balaban J connectivity index is 1.81. The van der Waals surface area contributed by atoms with Gasteiger partial charge in [0.1, 0.15) is 0 Å². The van der Waals surface area contributed by atoms with Gasteiger partial charge in [0.2, 0.25) is 0 Å². The van der Waals surface area contributed by atoms with E-state index in [0.29, 0.717) is 0 Å². The molecule has 2 rings (SSSR count). The Labute approximate surface area is 119 Å². The lowest BCUT2D eigenvalue weighted by Gasteiger charge is -2.45. The topological polar surface area (TPSA) is 18.5 Å². The second-order valence-electron chi connectivity index (χ2n) is 6.35. The molecule has 112 valence electrons. The van der Waals surface area contributed by atoms with Crippen molar-refractivity contribution >= 4 is 0 Å². The molecule has 2 saturated heterocycles. The second kappa shape index (κ2) is 8.23. The molecule has 0 spiro atoms. The van der Waals surface area contributed by atoms with E-state index in [1.807, 2.05) is 0 Å². The maximum atomic E-state index is 3.33. The third-order valence-corrected chi connectivity index (χ3v) is 4.97. The molecular formula is C16H33N3. The summed E-state index contributed by atoms with van der Waals surface area (Å²) in [6, 6.07) is 1.72. The Bertz CT molecular complexity index is 236. The summed E-state index contributed by atoms with van der Waals surface area (Å²) in [5, 5.41) is 3.33. The summed E-state index contributed by atoms with van der Waals surface area (Å²) in [4.78, 5) is 5.52. The van der Waals surface area contributed by atoms with Crippen LogP contribution in [0.25, 0.3) is 0 Å². The molecule has 1 unspecified atom stereocenters. The molecule has 3 nitrogen and oxygen atoms in total. The lowest BCUT2D eigenvalue weighted by atomic mass is 9.93. The SMILES string of the molecule is CCCN1CCC(N2CCCCC2CCNC)CC1. The molecule has 2 aliphatic rings. The van der Waals surface area contributed by atoms with Crippen molar-refractivity contribution in [2.45, 2.75) is 64.0 Å². The van der Waals surface area contributed by atoms with Crippen LogP contribution in [-0.4, -0.2) is 61.7 Å². The Morgan fingerprint density at radius 1 is 1.05 bits per heavy atom. The van der Waals surface area contributed by atoms with E-state index in [0.717, 1.165) is 12.1 Å². The fraction of sp³-hybridized carbons (Fsp3) is 1.00. The van der Waals surface area contributed by atoms with Crippen molar-refractivity contribution < 1.29 is 0 Å². The lowest BCUT2D eigenvalue weighted by Crippen LogP contribution is -2.51. The molecule has 0 aromatic rings. The number of hydrogen-bond donors (Lipinski definition) is 1. The predicted molar refractivity (Wildman–Crippen MR) is 82.6 cm³/mol. The van der Waals surface area contributed by atoms with Gasteiger partial charge in [-0.2, -0.15) is 0 Å². The summed E-state index contributed by atoms with van der Waals surface area (Å²) in [7, 11) is 2.08. The standard InChI is InChI=1S/C16H33N3/c1-3-11-18-13-8-16(9-14-18)19-12-5-4-6-15(19)7-10-17-2/h15-17H,3-14H2,1-2H3. The molecule has 0 bridgehead atoms. The number of likely N-dealkylation sites (tertiary alicyclic amines) is 2. The highest BCUT2D eigenvalue weighted by Crippen LogP contribution is 2.26. The summed E-state index contributed by atoms with van der Waals surface area (Å²) in [6.07, 6.45) is 9.73. The van der Waals surface area contributed by atoms with Gasteiger partial charge in [0.25, 0.3) is 0 Å². The van der Waals surface area contributed by atoms with Gasteiger partial charge < -0.3 is 10.2 Å². The summed E-state index contributed by atoms with van der Waals surface area (Å²) < 4.78 is 0. The highest BCUT2D eigenvalue weighted by molar-refractivity contribution is 4.86. The molecule has 0 aliphatic carbocycles. The van der Waals surface area contributed by atoms with Crippen LogP contribution in [0, 0.1) is 0 Å². The van der Waals surface area contributed by atoms with E-state index in [9.17, 15) is 0 Å². The lowest BCUT2D eigenvalue weighted by molar-refractivity contribution is 0.0471. The van der Waals surface area contributed by atoms with E-state index >= 15 is 0 Å². The van der Waals surface area contributed by atoms with Gasteiger partial charge in [0, 0.05) is 12.1 Å². The van der Waals surface area contributed by atoms with Crippen LogP contribution in [0.1, 0.15) is 51.9 Å². The van der Waals surface area contributed by atoms with Crippen molar-refractivity contribution in [3.63, 3.8) is 0 Å². The van der Waals surface area contributed by atoms with Crippen LogP contribution in [0.2, 0.25) is 0 Å². The molecule has 0 amide bonds. The molecule has 2 heterocycles. The first-order valence-corrected chi connectivity index (χ1v) is 8.47. The zero-order chi connectivity index (χ0) is 13.5. The zero-order valence-electron chi connectivity index (χ0n) is 13.0. The zero-order valence-corrected chi connectivity index (χ0v) is 13.0. The number of piperidine rings is 2. The predicted octanol–water partition coefficient (Wildman–Crippen LogP) is 2.32. The highest BCUT2D eigenvalue weighted by atomic mass is 15.2. The average Bonchev–Trinajstić information content (AvgIpc) is 2.47. The van der Waals surface area contributed by atoms with E-state index < -0.39 is 0 Å². The van der Waals surface area contributed by atoms with Crippen LogP contribution in [0.4, 0.5) is 0 Å². The van der Waals surface area contributed by atoms with Crippen molar-refractivity contribution in [3.05, 3.63) is 0 Å². The third kappa shape index (κ3) is 4.44. The average molecular weight is 267 g/mol. The van der Waals surface area contributed by atoms with Gasteiger partial charge in [-0.05, 0) is 78.3 Å². The van der Waals surface area contributed by atoms with Crippen LogP contribution in [-0.2, 0) is 0 Å². The monoisotopic (exact) mass is 267 g/mol. The van der Waals surface area contributed by atoms with Crippen molar-refractivity contribution in [2.24, 2.45) is 0 Å². The smallest absolute Gasteiger partial charge is 0.0122 e. The van der Waals surface area contributed by atoms with Gasteiger partial charge in [-0.25, -0.2) is 0 Å². The fourth-order valence-electron chi connectivity index (χ4n) is 3.92. The first-order chi connectivity index (χ1) is 9.35. The fourth-order valence-corrected chi connectivity index (χ4v) is 3.92. The Morgan fingerprint density at radius 2 is 1.84 bits per heavy atom. The quantitative estimate of drug-likeness (QED) is 0.797. The van der Waals surface area contributed by atoms with Gasteiger partial charge >= 0.3 is 0 Å². The molecule has 1 N–H and O–H groups in total. The Morgan fingerprint density at radius 3 is 2.53 bits per heavy atom. The summed E-state index contributed by atoms with van der Waals surface area (Å²) >= 11 is 0. The molecule has 19 heavy (non-hydrogen) atoms. The molecule has 1 atom stereocenters. The van der Waals surface area contributed by atoms with E-state index in [1.165, 1.54) is 77.7 Å². The van der Waals surface area contributed by atoms with Crippen molar-refractivity contribution in [2.75, 3.05) is 39.8 Å². The first-order valence-electron chi connectivity index (χ1n) is 8.47. The van der Waals surface area contributed by atoms with E-state index in [1.54, 1.807) is 0 Å². The Hall–Kier alpha value is -0.120. The normalized spacial score (nSPS) is 27.8. The number of nitrogens with one attached hydrogen (secondary N) is 1. The summed E-state index contributed by atoms with van der Waals surface area (Å²) in [5.41, 5.74) is 0. The van der Waals surface area contributed by atoms with Crippen molar-refractivity contribution in [1.29, 1.82) is 0 Å². The minimum absolute atomic E-state index is 0.851. The Kier molecular flexibility index (Phi) is 6.62. The van der Waals surface area contributed by atoms with Gasteiger partial charge in [0.15, 0.2) is 0 Å². The maximum Gasteiger partial charge on any atom is 0.0122 e. The van der Waals surface area contributed by atoms with Crippen LogP contribution in [0.15, 0.2) is 0 Å². The molecular weight excluding hydrogens is 234 g/mol. The van der Waals surface area contributed by atoms with Crippen molar-refractivity contribution in [3.8, 4) is 0 Å². The number of rotatable bonds is 6. The molecule has 0 radical (unpaired) electrons.